The van der Waals surface area contributed by atoms with E-state index in [1.807, 2.05) is 31.2 Å². The number of aromatic nitrogens is 6. The van der Waals surface area contributed by atoms with Crippen LogP contribution in [-0.2, 0) is 0 Å². The average Bonchev–Trinajstić information content (AvgIpc) is 3.49. The number of nitrogens with one attached hydrogen (secondary N) is 1. The van der Waals surface area contributed by atoms with Crippen LogP contribution in [0.5, 0.6) is 5.88 Å². The molecular weight excluding hydrogens is 408 g/mol. The summed E-state index contributed by atoms with van der Waals surface area (Å²) in [6.45, 7) is 2.69. The van der Waals surface area contributed by atoms with Gasteiger partial charge in [-0.3, -0.25) is 9.97 Å². The monoisotopic (exact) mass is 430 g/mol. The minimum Gasteiger partial charge on any atom is -0.481 e. The summed E-state index contributed by atoms with van der Waals surface area (Å²) >= 11 is 0. The minimum atomic E-state index is -0.0389. The molecule has 1 saturated heterocycles. The van der Waals surface area contributed by atoms with Crippen LogP contribution in [0.25, 0.3) is 11.4 Å². The van der Waals surface area contributed by atoms with E-state index in [1.165, 1.54) is 0 Å². The summed E-state index contributed by atoms with van der Waals surface area (Å²) in [4.78, 5) is 24.4. The van der Waals surface area contributed by atoms with Gasteiger partial charge in [0.2, 0.25) is 11.8 Å². The molecule has 4 aromatic rings. The van der Waals surface area contributed by atoms with E-state index < -0.39 is 0 Å². The SMILES string of the molecule is COc1cc(Nc2ccccn2)nc(N2CCCC2c2cc(-c3nccnc3C)no2)n1. The lowest BCUT2D eigenvalue weighted by atomic mass is 10.1. The van der Waals surface area contributed by atoms with Crippen molar-refractivity contribution in [3.8, 4) is 17.3 Å². The number of aryl methyl sites for hydroxylation is 1. The second-order valence-corrected chi connectivity index (χ2v) is 7.39. The van der Waals surface area contributed by atoms with Crippen molar-refractivity contribution in [1.82, 2.24) is 30.1 Å². The molecule has 0 saturated carbocycles. The zero-order chi connectivity index (χ0) is 21.9. The fraction of sp³-hybridized carbons (Fsp3) is 0.273. The second-order valence-electron chi connectivity index (χ2n) is 7.39. The quantitative estimate of drug-likeness (QED) is 0.485. The molecule has 0 aliphatic carbocycles. The van der Waals surface area contributed by atoms with Gasteiger partial charge in [-0.15, -0.1) is 0 Å². The van der Waals surface area contributed by atoms with E-state index in [9.17, 15) is 0 Å². The van der Waals surface area contributed by atoms with Crippen LogP contribution in [0.15, 0.2) is 53.4 Å². The molecule has 0 bridgehead atoms. The number of ether oxygens (including phenoxy) is 1. The molecule has 10 heteroatoms. The molecule has 10 nitrogen and oxygen atoms in total. The summed E-state index contributed by atoms with van der Waals surface area (Å²) in [7, 11) is 1.59. The smallest absolute Gasteiger partial charge is 0.231 e. The van der Waals surface area contributed by atoms with Crippen molar-refractivity contribution in [3.63, 3.8) is 0 Å². The third kappa shape index (κ3) is 3.94. The number of nitrogens with zero attached hydrogens (tertiary/aromatic N) is 7. The van der Waals surface area contributed by atoms with Gasteiger partial charge in [0.05, 0.1) is 18.8 Å². The van der Waals surface area contributed by atoms with Crippen molar-refractivity contribution in [2.24, 2.45) is 0 Å². The van der Waals surface area contributed by atoms with E-state index >= 15 is 0 Å². The topological polar surface area (TPSA) is 115 Å². The third-order valence-corrected chi connectivity index (χ3v) is 5.31. The molecular formula is C22H22N8O2. The summed E-state index contributed by atoms with van der Waals surface area (Å²) in [5.41, 5.74) is 2.19. The number of rotatable bonds is 6. The van der Waals surface area contributed by atoms with Crippen LogP contribution in [0.1, 0.15) is 30.3 Å². The Morgan fingerprint density at radius 3 is 2.78 bits per heavy atom. The van der Waals surface area contributed by atoms with Gasteiger partial charge in [0.15, 0.2) is 5.76 Å². The Balaban J connectivity index is 1.44. The molecule has 162 valence electrons. The maximum atomic E-state index is 5.72. The van der Waals surface area contributed by atoms with Gasteiger partial charge in [0.1, 0.15) is 23.0 Å². The molecule has 1 aliphatic heterocycles. The van der Waals surface area contributed by atoms with E-state index in [1.54, 1.807) is 31.8 Å². The Hall–Kier alpha value is -4.08. The summed E-state index contributed by atoms with van der Waals surface area (Å²) in [5.74, 6) is 3.06. The van der Waals surface area contributed by atoms with Gasteiger partial charge in [-0.2, -0.15) is 9.97 Å². The lowest BCUT2D eigenvalue weighted by Crippen LogP contribution is -2.24. The van der Waals surface area contributed by atoms with Crippen molar-refractivity contribution < 1.29 is 9.26 Å². The van der Waals surface area contributed by atoms with Crippen LogP contribution >= 0.6 is 0 Å². The predicted octanol–water partition coefficient (Wildman–Crippen LogP) is 3.72. The molecule has 4 aromatic heterocycles. The van der Waals surface area contributed by atoms with Crippen LogP contribution in [0.2, 0.25) is 0 Å². The van der Waals surface area contributed by atoms with E-state index in [0.717, 1.165) is 30.8 Å². The zero-order valence-electron chi connectivity index (χ0n) is 17.8. The third-order valence-electron chi connectivity index (χ3n) is 5.31. The molecule has 0 spiro atoms. The first kappa shape index (κ1) is 19.9. The van der Waals surface area contributed by atoms with Gasteiger partial charge in [-0.25, -0.2) is 4.98 Å². The predicted molar refractivity (Wildman–Crippen MR) is 118 cm³/mol. The minimum absolute atomic E-state index is 0.0389. The lowest BCUT2D eigenvalue weighted by molar-refractivity contribution is 0.361. The van der Waals surface area contributed by atoms with Crippen LogP contribution in [0.4, 0.5) is 17.6 Å². The molecule has 1 aliphatic rings. The van der Waals surface area contributed by atoms with E-state index in [2.05, 4.69) is 35.3 Å². The molecule has 1 unspecified atom stereocenters. The van der Waals surface area contributed by atoms with Crippen molar-refractivity contribution in [1.29, 1.82) is 0 Å². The summed E-state index contributed by atoms with van der Waals surface area (Å²) in [6.07, 6.45) is 6.92. The average molecular weight is 430 g/mol. The molecule has 1 N–H and O–H groups in total. The maximum absolute atomic E-state index is 5.72. The highest BCUT2D eigenvalue weighted by atomic mass is 16.5. The number of hydrogen-bond donors (Lipinski definition) is 1. The molecule has 1 atom stereocenters. The highest BCUT2D eigenvalue weighted by Crippen LogP contribution is 2.37. The first-order valence-electron chi connectivity index (χ1n) is 10.3. The number of methoxy groups -OCH3 is 1. The van der Waals surface area contributed by atoms with E-state index in [0.29, 0.717) is 34.9 Å². The zero-order valence-corrected chi connectivity index (χ0v) is 17.8. The van der Waals surface area contributed by atoms with Crippen molar-refractivity contribution in [2.45, 2.75) is 25.8 Å². The number of anilines is 3. The highest BCUT2D eigenvalue weighted by molar-refractivity contribution is 5.58. The second kappa shape index (κ2) is 8.58. The van der Waals surface area contributed by atoms with Crippen molar-refractivity contribution in [3.05, 3.63) is 60.4 Å². The fourth-order valence-electron chi connectivity index (χ4n) is 3.80. The standard InChI is InChI=1S/C22H22N8O2/c1-14-21(25-10-9-23-14)15-12-17(32-29-15)16-6-5-11-30(16)22-27-19(13-20(28-22)31-2)26-18-7-3-4-8-24-18/h3-4,7-10,12-13,16H,5-6,11H2,1-2H3,(H,24,26,27,28). The van der Waals surface area contributed by atoms with Crippen molar-refractivity contribution in [2.75, 3.05) is 23.9 Å². The number of pyridine rings is 1. The van der Waals surface area contributed by atoms with Gasteiger partial charge >= 0.3 is 0 Å². The fourth-order valence-corrected chi connectivity index (χ4v) is 3.80. The Labute approximate surface area is 184 Å². The maximum Gasteiger partial charge on any atom is 0.231 e. The van der Waals surface area contributed by atoms with Crippen LogP contribution < -0.4 is 15.0 Å². The van der Waals surface area contributed by atoms with Gasteiger partial charge < -0.3 is 19.5 Å². The molecule has 1 fully saturated rings. The summed E-state index contributed by atoms with van der Waals surface area (Å²) in [6, 6.07) is 9.27. The molecule has 0 radical (unpaired) electrons. The Morgan fingerprint density at radius 1 is 1.06 bits per heavy atom. The first-order chi connectivity index (χ1) is 15.7. The van der Waals surface area contributed by atoms with E-state index in [4.69, 9.17) is 14.2 Å². The summed E-state index contributed by atoms with van der Waals surface area (Å²) in [5, 5.41) is 7.45. The molecule has 32 heavy (non-hydrogen) atoms. The van der Waals surface area contributed by atoms with Crippen LogP contribution in [0, 0.1) is 6.92 Å². The Bertz CT molecular complexity index is 1210. The summed E-state index contributed by atoms with van der Waals surface area (Å²) < 4.78 is 11.1. The largest absolute Gasteiger partial charge is 0.481 e. The van der Waals surface area contributed by atoms with Crippen molar-refractivity contribution >= 4 is 17.6 Å². The van der Waals surface area contributed by atoms with Gasteiger partial charge in [-0.1, -0.05) is 11.2 Å². The molecule has 5 rings (SSSR count). The molecule has 5 heterocycles. The molecule has 0 amide bonds. The molecule has 0 aromatic carbocycles. The van der Waals surface area contributed by atoms with Gasteiger partial charge in [0, 0.05) is 37.3 Å². The van der Waals surface area contributed by atoms with Crippen LogP contribution in [-0.4, -0.2) is 43.7 Å². The number of hydrogen-bond acceptors (Lipinski definition) is 10. The lowest BCUT2D eigenvalue weighted by Gasteiger charge is -2.23. The van der Waals surface area contributed by atoms with E-state index in [-0.39, 0.29) is 6.04 Å². The normalized spacial score (nSPS) is 15.7. The van der Waals surface area contributed by atoms with Crippen LogP contribution in [0.3, 0.4) is 0 Å². The van der Waals surface area contributed by atoms with Gasteiger partial charge in [0.25, 0.3) is 0 Å². The Kier molecular flexibility index (Phi) is 5.32. The highest BCUT2D eigenvalue weighted by Gasteiger charge is 2.32. The van der Waals surface area contributed by atoms with Gasteiger partial charge in [-0.05, 0) is 31.9 Å². The Morgan fingerprint density at radius 2 is 1.97 bits per heavy atom. The first-order valence-corrected chi connectivity index (χ1v) is 10.3.